The SMILES string of the molecule is CS(C)(C)CCC(=O)N(CCO)Cc1ccc(C(=O)Nc2cc(-c3cccs3)ccc2N)cc1. The maximum Gasteiger partial charge on any atom is 0.255 e. The molecular weight excluding hydrogens is 466 g/mol. The summed E-state index contributed by atoms with van der Waals surface area (Å²) in [5.41, 5.74) is 9.56. The van der Waals surface area contributed by atoms with E-state index < -0.39 is 10.0 Å². The van der Waals surface area contributed by atoms with Crippen molar-refractivity contribution in [3.63, 3.8) is 0 Å². The molecule has 0 unspecified atom stereocenters. The van der Waals surface area contributed by atoms with E-state index in [4.69, 9.17) is 5.73 Å². The summed E-state index contributed by atoms with van der Waals surface area (Å²) in [7, 11) is -0.763. The number of hydrogen-bond donors (Lipinski definition) is 3. The summed E-state index contributed by atoms with van der Waals surface area (Å²) < 4.78 is 0. The number of nitrogens with two attached hydrogens (primary N) is 1. The van der Waals surface area contributed by atoms with Gasteiger partial charge in [-0.05, 0) is 71.4 Å². The number of hydrogen-bond acceptors (Lipinski definition) is 5. The van der Waals surface area contributed by atoms with Crippen LogP contribution in [0.15, 0.2) is 60.0 Å². The number of carbonyl (C=O) groups is 2. The third-order valence-electron chi connectivity index (χ3n) is 5.35. The molecule has 3 rings (SSSR count). The Hall–Kier alpha value is -2.81. The number of anilines is 2. The minimum Gasteiger partial charge on any atom is -0.397 e. The van der Waals surface area contributed by atoms with Gasteiger partial charge in [-0.2, -0.15) is 0 Å². The topological polar surface area (TPSA) is 95.7 Å². The van der Waals surface area contributed by atoms with Crippen molar-refractivity contribution in [1.29, 1.82) is 0 Å². The average molecular weight is 500 g/mol. The number of aliphatic hydroxyl groups is 1. The van der Waals surface area contributed by atoms with Crippen LogP contribution in [0, 0.1) is 0 Å². The third-order valence-corrected chi connectivity index (χ3v) is 7.70. The molecule has 6 nitrogen and oxygen atoms in total. The molecule has 34 heavy (non-hydrogen) atoms. The number of benzene rings is 2. The molecule has 182 valence electrons. The van der Waals surface area contributed by atoms with E-state index in [0.717, 1.165) is 21.8 Å². The Morgan fingerprint density at radius 3 is 2.44 bits per heavy atom. The van der Waals surface area contributed by atoms with E-state index >= 15 is 0 Å². The van der Waals surface area contributed by atoms with Crippen LogP contribution in [0.5, 0.6) is 0 Å². The number of nitrogens with zero attached hydrogens (tertiary/aromatic N) is 1. The molecule has 1 aromatic heterocycles. The van der Waals surface area contributed by atoms with Gasteiger partial charge in [-0.3, -0.25) is 9.59 Å². The predicted octanol–water partition coefficient (Wildman–Crippen LogP) is 4.65. The molecule has 4 N–H and O–H groups in total. The Morgan fingerprint density at radius 2 is 1.82 bits per heavy atom. The van der Waals surface area contributed by atoms with Gasteiger partial charge in [0.1, 0.15) is 0 Å². The van der Waals surface area contributed by atoms with Gasteiger partial charge in [0.2, 0.25) is 5.91 Å². The minimum atomic E-state index is -0.763. The second-order valence-electron chi connectivity index (χ2n) is 9.01. The molecule has 3 aromatic rings. The Bertz CT molecular complexity index is 1110. The lowest BCUT2D eigenvalue weighted by molar-refractivity contribution is -0.131. The number of nitrogens with one attached hydrogen (secondary N) is 1. The summed E-state index contributed by atoms with van der Waals surface area (Å²) in [6.07, 6.45) is 7.04. The standard InChI is InChI=1S/C26H33N3O3S2/c1-34(2,3)16-12-25(31)29(13-14-30)18-19-6-8-20(9-7-19)26(32)28-23-17-21(10-11-22(23)27)24-5-4-15-33-24/h4-11,15,17,30H,12-14,16,18,27H2,1-3H3,(H,28,32). The van der Waals surface area contributed by atoms with Gasteiger partial charge in [-0.1, -0.05) is 24.3 Å². The molecule has 0 fully saturated rings. The molecule has 0 saturated carbocycles. The normalized spacial score (nSPS) is 11.8. The maximum absolute atomic E-state index is 12.8. The van der Waals surface area contributed by atoms with Gasteiger partial charge in [0.15, 0.2) is 0 Å². The second-order valence-corrected chi connectivity index (χ2v) is 14.6. The second kappa shape index (κ2) is 11.6. The molecule has 0 bridgehead atoms. The number of carbonyl (C=O) groups excluding carboxylic acids is 2. The number of rotatable bonds is 10. The van der Waals surface area contributed by atoms with E-state index in [9.17, 15) is 14.7 Å². The van der Waals surface area contributed by atoms with Gasteiger partial charge >= 0.3 is 0 Å². The van der Waals surface area contributed by atoms with Gasteiger partial charge in [-0.15, -0.1) is 11.3 Å². The van der Waals surface area contributed by atoms with Crippen LogP contribution >= 0.6 is 21.4 Å². The van der Waals surface area contributed by atoms with Crippen LogP contribution in [0.25, 0.3) is 10.4 Å². The molecule has 0 aliphatic carbocycles. The third kappa shape index (κ3) is 7.35. The van der Waals surface area contributed by atoms with Crippen LogP contribution in [0.4, 0.5) is 11.4 Å². The van der Waals surface area contributed by atoms with E-state index in [-0.39, 0.29) is 18.4 Å². The zero-order chi connectivity index (χ0) is 24.7. The molecule has 0 aliphatic rings. The Kier molecular flexibility index (Phi) is 8.77. The minimum absolute atomic E-state index is 0.0411. The van der Waals surface area contributed by atoms with Crippen LogP contribution in [0.2, 0.25) is 0 Å². The monoisotopic (exact) mass is 499 g/mol. The van der Waals surface area contributed by atoms with Crippen LogP contribution in [0.1, 0.15) is 22.3 Å². The first kappa shape index (κ1) is 25.8. The van der Waals surface area contributed by atoms with E-state index in [0.29, 0.717) is 36.4 Å². The van der Waals surface area contributed by atoms with Crippen LogP contribution in [0.3, 0.4) is 0 Å². The van der Waals surface area contributed by atoms with Gasteiger partial charge in [0, 0.05) is 30.0 Å². The van der Waals surface area contributed by atoms with Gasteiger partial charge in [0.25, 0.3) is 5.91 Å². The smallest absolute Gasteiger partial charge is 0.255 e. The van der Waals surface area contributed by atoms with Crippen molar-refractivity contribution in [3.8, 4) is 10.4 Å². The molecule has 0 atom stereocenters. The summed E-state index contributed by atoms with van der Waals surface area (Å²) in [6, 6.07) is 16.8. The molecule has 0 radical (unpaired) electrons. The highest BCUT2D eigenvalue weighted by molar-refractivity contribution is 8.32. The van der Waals surface area contributed by atoms with E-state index in [1.807, 2.05) is 41.8 Å². The summed E-state index contributed by atoms with van der Waals surface area (Å²) in [5.74, 6) is 0.654. The summed E-state index contributed by atoms with van der Waals surface area (Å²) >= 11 is 1.63. The Labute approximate surface area is 207 Å². The largest absolute Gasteiger partial charge is 0.397 e. The van der Waals surface area contributed by atoms with E-state index in [2.05, 4.69) is 24.1 Å². The fraction of sp³-hybridized carbons (Fsp3) is 0.308. The molecule has 8 heteroatoms. The van der Waals surface area contributed by atoms with Crippen LogP contribution in [-0.4, -0.2) is 59.5 Å². The molecule has 0 aliphatic heterocycles. The van der Waals surface area contributed by atoms with E-state index in [1.54, 1.807) is 34.4 Å². The van der Waals surface area contributed by atoms with Crippen molar-refractivity contribution >= 4 is 44.6 Å². The Balaban J connectivity index is 1.66. The number of nitrogen functional groups attached to an aromatic ring is 1. The fourth-order valence-corrected chi connectivity index (χ4v) is 4.91. The highest BCUT2D eigenvalue weighted by atomic mass is 32.3. The number of thiophene rings is 1. The molecule has 0 spiro atoms. The predicted molar refractivity (Wildman–Crippen MR) is 146 cm³/mol. The lowest BCUT2D eigenvalue weighted by atomic mass is 10.1. The maximum atomic E-state index is 12.8. The van der Waals surface area contributed by atoms with Crippen molar-refractivity contribution in [3.05, 3.63) is 71.1 Å². The summed E-state index contributed by atoms with van der Waals surface area (Å²) in [4.78, 5) is 28.3. The average Bonchev–Trinajstić information content (AvgIpc) is 3.33. The quantitative estimate of drug-likeness (QED) is 0.354. The zero-order valence-electron chi connectivity index (χ0n) is 19.9. The molecule has 1 heterocycles. The van der Waals surface area contributed by atoms with Crippen molar-refractivity contribution in [2.24, 2.45) is 0 Å². The first-order chi connectivity index (χ1) is 16.2. The first-order valence-corrected chi connectivity index (χ1v) is 15.0. The molecule has 2 aromatic carbocycles. The summed E-state index contributed by atoms with van der Waals surface area (Å²) in [6.45, 7) is 0.609. The zero-order valence-corrected chi connectivity index (χ0v) is 21.5. The van der Waals surface area contributed by atoms with Crippen LogP contribution in [-0.2, 0) is 11.3 Å². The van der Waals surface area contributed by atoms with E-state index in [1.165, 1.54) is 0 Å². The fourth-order valence-electron chi connectivity index (χ4n) is 3.40. The highest BCUT2D eigenvalue weighted by Gasteiger charge is 2.16. The van der Waals surface area contributed by atoms with Crippen molar-refractivity contribution in [1.82, 2.24) is 4.90 Å². The van der Waals surface area contributed by atoms with Crippen molar-refractivity contribution in [2.75, 3.05) is 48.7 Å². The Morgan fingerprint density at radius 1 is 1.09 bits per heavy atom. The molecular formula is C26H33N3O3S2. The van der Waals surface area contributed by atoms with Gasteiger partial charge in [0.05, 0.1) is 18.0 Å². The van der Waals surface area contributed by atoms with Crippen molar-refractivity contribution in [2.45, 2.75) is 13.0 Å². The molecule has 0 saturated heterocycles. The lowest BCUT2D eigenvalue weighted by Gasteiger charge is -2.27. The first-order valence-electron chi connectivity index (χ1n) is 11.0. The molecule has 2 amide bonds. The van der Waals surface area contributed by atoms with Gasteiger partial charge in [-0.25, -0.2) is 10.0 Å². The lowest BCUT2D eigenvalue weighted by Crippen LogP contribution is -2.33. The van der Waals surface area contributed by atoms with Gasteiger partial charge < -0.3 is 21.1 Å². The number of aliphatic hydroxyl groups excluding tert-OH is 1. The van der Waals surface area contributed by atoms with Crippen LogP contribution < -0.4 is 11.1 Å². The highest BCUT2D eigenvalue weighted by Crippen LogP contribution is 2.35. The number of amides is 2. The summed E-state index contributed by atoms with van der Waals surface area (Å²) in [5, 5.41) is 14.3. The van der Waals surface area contributed by atoms with Crippen molar-refractivity contribution < 1.29 is 14.7 Å².